The molecule has 0 atom stereocenters. The van der Waals surface area contributed by atoms with E-state index in [1.807, 2.05) is 41.8 Å². The van der Waals surface area contributed by atoms with Crippen molar-refractivity contribution < 1.29 is 14.3 Å². The third-order valence-corrected chi connectivity index (χ3v) is 5.16. The standard InChI is InChI=1S/C24H18N2O3S/c27-22(17-9-3-1-4-10-17)20-13-7-8-14-21(20)23(28)29-15-19-16-30-24(26-19)25-18-11-5-2-6-12-18/h1-14,16H,15H2,(H,25,26). The number of esters is 1. The molecule has 5 nitrogen and oxygen atoms in total. The maximum Gasteiger partial charge on any atom is 0.339 e. The molecule has 30 heavy (non-hydrogen) atoms. The Morgan fingerprint density at radius 2 is 1.47 bits per heavy atom. The van der Waals surface area contributed by atoms with Crippen LogP contribution in [0.25, 0.3) is 0 Å². The highest BCUT2D eigenvalue weighted by molar-refractivity contribution is 7.13. The van der Waals surface area contributed by atoms with E-state index in [4.69, 9.17) is 4.74 Å². The minimum atomic E-state index is -0.555. The summed E-state index contributed by atoms with van der Waals surface area (Å²) in [4.78, 5) is 29.9. The minimum absolute atomic E-state index is 0.0274. The highest BCUT2D eigenvalue weighted by atomic mass is 32.1. The Morgan fingerprint density at radius 3 is 2.20 bits per heavy atom. The molecule has 0 unspecified atom stereocenters. The summed E-state index contributed by atoms with van der Waals surface area (Å²) in [6, 6.07) is 25.3. The van der Waals surface area contributed by atoms with Crippen molar-refractivity contribution in [2.75, 3.05) is 5.32 Å². The zero-order valence-electron chi connectivity index (χ0n) is 15.9. The molecule has 4 aromatic rings. The number of nitrogens with one attached hydrogen (secondary N) is 1. The molecule has 148 valence electrons. The number of aromatic nitrogens is 1. The molecule has 0 radical (unpaired) electrons. The summed E-state index contributed by atoms with van der Waals surface area (Å²) in [6.07, 6.45) is 0. The third kappa shape index (κ3) is 4.61. The Bertz CT molecular complexity index is 1160. The molecule has 0 aliphatic carbocycles. The van der Waals surface area contributed by atoms with Crippen molar-refractivity contribution in [1.82, 2.24) is 4.98 Å². The van der Waals surface area contributed by atoms with E-state index in [0.29, 0.717) is 22.0 Å². The van der Waals surface area contributed by atoms with Gasteiger partial charge in [-0.2, -0.15) is 0 Å². The van der Waals surface area contributed by atoms with Gasteiger partial charge in [0, 0.05) is 22.2 Å². The average Bonchev–Trinajstić information content (AvgIpc) is 3.25. The van der Waals surface area contributed by atoms with Gasteiger partial charge in [-0.3, -0.25) is 4.79 Å². The maximum absolute atomic E-state index is 12.8. The topological polar surface area (TPSA) is 68.3 Å². The second-order valence-electron chi connectivity index (χ2n) is 6.45. The van der Waals surface area contributed by atoms with Crippen molar-refractivity contribution in [1.29, 1.82) is 0 Å². The van der Waals surface area contributed by atoms with Crippen molar-refractivity contribution >= 4 is 33.9 Å². The van der Waals surface area contributed by atoms with Gasteiger partial charge in [-0.15, -0.1) is 11.3 Å². The lowest BCUT2D eigenvalue weighted by molar-refractivity contribution is 0.0466. The van der Waals surface area contributed by atoms with Gasteiger partial charge < -0.3 is 10.1 Å². The Hall–Kier alpha value is -3.77. The molecule has 0 amide bonds. The van der Waals surface area contributed by atoms with Gasteiger partial charge >= 0.3 is 5.97 Å². The van der Waals surface area contributed by atoms with E-state index in [1.54, 1.807) is 48.5 Å². The SMILES string of the molecule is O=C(OCc1csc(Nc2ccccc2)n1)c1ccccc1C(=O)c1ccccc1. The van der Waals surface area contributed by atoms with E-state index in [2.05, 4.69) is 10.3 Å². The summed E-state index contributed by atoms with van der Waals surface area (Å²) >= 11 is 1.43. The lowest BCUT2D eigenvalue weighted by Crippen LogP contribution is -2.12. The van der Waals surface area contributed by atoms with E-state index in [9.17, 15) is 9.59 Å². The minimum Gasteiger partial charge on any atom is -0.456 e. The molecule has 1 N–H and O–H groups in total. The highest BCUT2D eigenvalue weighted by Gasteiger charge is 2.19. The predicted octanol–water partition coefficient (Wildman–Crippen LogP) is 5.47. The van der Waals surface area contributed by atoms with Gasteiger partial charge in [-0.1, -0.05) is 66.7 Å². The molecule has 0 saturated heterocycles. The number of benzene rings is 3. The van der Waals surface area contributed by atoms with Gasteiger partial charge in [0.2, 0.25) is 0 Å². The Labute approximate surface area is 178 Å². The van der Waals surface area contributed by atoms with E-state index >= 15 is 0 Å². The van der Waals surface area contributed by atoms with E-state index < -0.39 is 5.97 Å². The third-order valence-electron chi connectivity index (χ3n) is 4.36. The second kappa shape index (κ2) is 9.15. The summed E-state index contributed by atoms with van der Waals surface area (Å²) in [5, 5.41) is 5.76. The van der Waals surface area contributed by atoms with Crippen LogP contribution < -0.4 is 5.32 Å². The van der Waals surface area contributed by atoms with Gasteiger partial charge in [-0.25, -0.2) is 9.78 Å². The quantitative estimate of drug-likeness (QED) is 0.321. The molecule has 1 aromatic heterocycles. The van der Waals surface area contributed by atoms with E-state index in [-0.39, 0.29) is 18.0 Å². The number of para-hydroxylation sites is 1. The van der Waals surface area contributed by atoms with Gasteiger partial charge in [0.15, 0.2) is 10.9 Å². The molecule has 0 saturated carbocycles. The number of nitrogens with zero attached hydrogens (tertiary/aromatic N) is 1. The van der Waals surface area contributed by atoms with Crippen LogP contribution in [0, 0.1) is 0 Å². The largest absolute Gasteiger partial charge is 0.456 e. The normalized spacial score (nSPS) is 10.4. The summed E-state index contributed by atoms with van der Waals surface area (Å²) < 4.78 is 5.43. The molecular formula is C24H18N2O3S. The van der Waals surface area contributed by atoms with Crippen LogP contribution in [0.2, 0.25) is 0 Å². The van der Waals surface area contributed by atoms with Crippen LogP contribution in [-0.4, -0.2) is 16.7 Å². The fourth-order valence-electron chi connectivity index (χ4n) is 2.90. The fraction of sp³-hybridized carbons (Fsp3) is 0.0417. The maximum atomic E-state index is 12.8. The number of rotatable bonds is 7. The van der Waals surface area contributed by atoms with Crippen LogP contribution in [0.1, 0.15) is 32.0 Å². The molecule has 0 bridgehead atoms. The molecule has 0 aliphatic heterocycles. The van der Waals surface area contributed by atoms with Crippen LogP contribution in [0.3, 0.4) is 0 Å². The smallest absolute Gasteiger partial charge is 0.339 e. The Kier molecular flexibility index (Phi) is 5.96. The molecule has 6 heteroatoms. The van der Waals surface area contributed by atoms with Crippen molar-refractivity contribution in [2.24, 2.45) is 0 Å². The number of hydrogen-bond donors (Lipinski definition) is 1. The zero-order valence-corrected chi connectivity index (χ0v) is 16.8. The first-order valence-corrected chi connectivity index (χ1v) is 10.2. The number of ether oxygens (including phenoxy) is 1. The molecule has 3 aromatic carbocycles. The molecule has 0 fully saturated rings. The van der Waals surface area contributed by atoms with Gasteiger partial charge in [0.05, 0.1) is 11.3 Å². The van der Waals surface area contributed by atoms with E-state index in [0.717, 1.165) is 5.69 Å². The monoisotopic (exact) mass is 414 g/mol. The number of anilines is 2. The predicted molar refractivity (Wildman–Crippen MR) is 117 cm³/mol. The number of carbonyl (C=O) groups excluding carboxylic acids is 2. The van der Waals surface area contributed by atoms with Crippen molar-refractivity contribution in [3.05, 3.63) is 113 Å². The first kappa shape index (κ1) is 19.5. The summed E-state index contributed by atoms with van der Waals surface area (Å²) in [5.41, 5.74) is 2.65. The number of thiazole rings is 1. The van der Waals surface area contributed by atoms with Crippen LogP contribution >= 0.6 is 11.3 Å². The van der Waals surface area contributed by atoms with Crippen LogP contribution in [-0.2, 0) is 11.3 Å². The first-order chi connectivity index (χ1) is 14.7. The van der Waals surface area contributed by atoms with Crippen LogP contribution in [0.4, 0.5) is 10.8 Å². The number of ketones is 1. The lowest BCUT2D eigenvalue weighted by atomic mass is 9.98. The van der Waals surface area contributed by atoms with Crippen molar-refractivity contribution in [2.45, 2.75) is 6.61 Å². The number of carbonyl (C=O) groups is 2. The zero-order chi connectivity index (χ0) is 20.8. The molecule has 4 rings (SSSR count). The summed E-state index contributed by atoms with van der Waals surface area (Å²) in [6.45, 7) is 0.0274. The van der Waals surface area contributed by atoms with Crippen molar-refractivity contribution in [3.8, 4) is 0 Å². The molecule has 0 aliphatic rings. The van der Waals surface area contributed by atoms with E-state index in [1.165, 1.54) is 11.3 Å². The molecule has 0 spiro atoms. The molecule has 1 heterocycles. The van der Waals surface area contributed by atoms with Crippen molar-refractivity contribution in [3.63, 3.8) is 0 Å². The molecular weight excluding hydrogens is 396 g/mol. The summed E-state index contributed by atoms with van der Waals surface area (Å²) in [7, 11) is 0. The Balaban J connectivity index is 1.43. The van der Waals surface area contributed by atoms with Gasteiger partial charge in [0.1, 0.15) is 6.61 Å². The fourth-order valence-corrected chi connectivity index (χ4v) is 3.61. The highest BCUT2D eigenvalue weighted by Crippen LogP contribution is 2.22. The number of hydrogen-bond acceptors (Lipinski definition) is 6. The summed E-state index contributed by atoms with van der Waals surface area (Å²) in [5.74, 6) is -0.772. The van der Waals surface area contributed by atoms with Crippen LogP contribution in [0.15, 0.2) is 90.3 Å². The van der Waals surface area contributed by atoms with Gasteiger partial charge in [0.25, 0.3) is 0 Å². The Morgan fingerprint density at radius 1 is 0.833 bits per heavy atom. The second-order valence-corrected chi connectivity index (χ2v) is 7.31. The van der Waals surface area contributed by atoms with Crippen LogP contribution in [0.5, 0.6) is 0 Å². The lowest BCUT2D eigenvalue weighted by Gasteiger charge is -2.08. The first-order valence-electron chi connectivity index (χ1n) is 9.33. The average molecular weight is 414 g/mol. The van der Waals surface area contributed by atoms with Gasteiger partial charge in [-0.05, 0) is 18.2 Å².